The van der Waals surface area contributed by atoms with Gasteiger partial charge in [-0.25, -0.2) is 8.78 Å². The van der Waals surface area contributed by atoms with Crippen LogP contribution in [0.2, 0.25) is 0 Å². The van der Waals surface area contributed by atoms with E-state index in [2.05, 4.69) is 10.2 Å². The standard InChI is InChI=1S/C16H22F2N2.2ClH/c1-11-5-6-13(17)14(15(11)18)16(12-3-2-4-12)20-9-7-19-8-10-20;;/h5-6,12,16,19H,2-4,7-10H2,1H3;2*1H/t16-;;/m1../s1. The van der Waals surface area contributed by atoms with Crippen LogP contribution in [0, 0.1) is 24.5 Å². The summed E-state index contributed by atoms with van der Waals surface area (Å²) >= 11 is 0. The number of hydrogen-bond donors (Lipinski definition) is 1. The molecule has 0 bridgehead atoms. The third kappa shape index (κ3) is 3.73. The molecule has 1 atom stereocenters. The highest BCUT2D eigenvalue weighted by Crippen LogP contribution is 2.43. The molecule has 2 aliphatic rings. The van der Waals surface area contributed by atoms with Crippen molar-refractivity contribution < 1.29 is 8.78 Å². The SMILES string of the molecule is Cc1ccc(F)c([C@@H](C2CCC2)N2CCNCC2)c1F.Cl.Cl. The fraction of sp³-hybridized carbons (Fsp3) is 0.625. The molecule has 0 aromatic heterocycles. The molecule has 0 amide bonds. The number of benzene rings is 1. The van der Waals surface area contributed by atoms with Gasteiger partial charge in [0, 0.05) is 37.8 Å². The zero-order chi connectivity index (χ0) is 14.1. The minimum atomic E-state index is -0.386. The van der Waals surface area contributed by atoms with Crippen molar-refractivity contribution in [2.75, 3.05) is 26.2 Å². The molecule has 1 saturated carbocycles. The fourth-order valence-electron chi connectivity index (χ4n) is 3.38. The summed E-state index contributed by atoms with van der Waals surface area (Å²) in [5.41, 5.74) is 0.845. The quantitative estimate of drug-likeness (QED) is 0.888. The molecule has 1 aromatic carbocycles. The van der Waals surface area contributed by atoms with Crippen LogP contribution in [0.25, 0.3) is 0 Å². The van der Waals surface area contributed by atoms with Gasteiger partial charge in [0.1, 0.15) is 11.6 Å². The molecular weight excluding hydrogens is 329 g/mol. The topological polar surface area (TPSA) is 15.3 Å². The van der Waals surface area contributed by atoms with E-state index in [-0.39, 0.29) is 42.5 Å². The summed E-state index contributed by atoms with van der Waals surface area (Å²) in [5, 5.41) is 3.31. The van der Waals surface area contributed by atoms with Gasteiger partial charge in [0.25, 0.3) is 0 Å². The number of piperazine rings is 1. The lowest BCUT2D eigenvalue weighted by Gasteiger charge is -2.43. The smallest absolute Gasteiger partial charge is 0.133 e. The summed E-state index contributed by atoms with van der Waals surface area (Å²) in [4.78, 5) is 2.27. The van der Waals surface area contributed by atoms with Crippen LogP contribution >= 0.6 is 24.8 Å². The Kier molecular flexibility index (Phi) is 7.53. The summed E-state index contributed by atoms with van der Waals surface area (Å²) < 4.78 is 28.8. The van der Waals surface area contributed by atoms with Crippen LogP contribution < -0.4 is 5.32 Å². The van der Waals surface area contributed by atoms with Gasteiger partial charge in [-0.15, -0.1) is 24.8 Å². The molecular formula is C16H24Cl2F2N2. The summed E-state index contributed by atoms with van der Waals surface area (Å²) in [6.45, 7) is 5.26. The van der Waals surface area contributed by atoms with Crippen molar-refractivity contribution in [2.45, 2.75) is 32.2 Å². The van der Waals surface area contributed by atoms with E-state index in [1.54, 1.807) is 6.92 Å². The maximum atomic E-state index is 14.5. The molecule has 6 heteroatoms. The highest BCUT2D eigenvalue weighted by Gasteiger charge is 2.37. The average molecular weight is 353 g/mol. The summed E-state index contributed by atoms with van der Waals surface area (Å²) in [6, 6.07) is 2.86. The predicted octanol–water partition coefficient (Wildman–Crippen LogP) is 3.86. The molecule has 0 unspecified atom stereocenters. The van der Waals surface area contributed by atoms with E-state index >= 15 is 0 Å². The van der Waals surface area contributed by atoms with E-state index in [0.29, 0.717) is 17.0 Å². The zero-order valence-electron chi connectivity index (χ0n) is 12.8. The number of nitrogens with one attached hydrogen (secondary N) is 1. The molecule has 1 aliphatic heterocycles. The first kappa shape index (κ1) is 19.6. The second kappa shape index (κ2) is 8.44. The van der Waals surface area contributed by atoms with Gasteiger partial charge in [0.15, 0.2) is 0 Å². The molecule has 1 aromatic rings. The lowest BCUT2D eigenvalue weighted by Crippen LogP contribution is -2.48. The van der Waals surface area contributed by atoms with E-state index in [0.717, 1.165) is 39.0 Å². The average Bonchev–Trinajstić information content (AvgIpc) is 2.41. The number of rotatable bonds is 3. The lowest BCUT2D eigenvalue weighted by atomic mass is 9.75. The zero-order valence-corrected chi connectivity index (χ0v) is 14.4. The first-order chi connectivity index (χ1) is 9.68. The van der Waals surface area contributed by atoms with Crippen molar-refractivity contribution in [1.82, 2.24) is 10.2 Å². The van der Waals surface area contributed by atoms with Gasteiger partial charge in [0.2, 0.25) is 0 Å². The van der Waals surface area contributed by atoms with Crippen LogP contribution in [0.3, 0.4) is 0 Å². The Morgan fingerprint density at radius 3 is 2.32 bits per heavy atom. The van der Waals surface area contributed by atoms with Gasteiger partial charge in [-0.05, 0) is 37.3 Å². The van der Waals surface area contributed by atoms with Crippen molar-refractivity contribution in [3.05, 3.63) is 34.9 Å². The summed E-state index contributed by atoms with van der Waals surface area (Å²) in [7, 11) is 0. The first-order valence-corrected chi connectivity index (χ1v) is 7.57. The molecule has 126 valence electrons. The highest BCUT2D eigenvalue weighted by molar-refractivity contribution is 5.85. The predicted molar refractivity (Wildman–Crippen MR) is 90.1 cm³/mol. The van der Waals surface area contributed by atoms with E-state index in [9.17, 15) is 8.78 Å². The Hall–Kier alpha value is -0.420. The number of aryl methyl sites for hydroxylation is 1. The first-order valence-electron chi connectivity index (χ1n) is 7.57. The van der Waals surface area contributed by atoms with E-state index in [1.165, 1.54) is 18.6 Å². The minimum absolute atomic E-state index is 0. The van der Waals surface area contributed by atoms with Crippen LogP contribution in [0.5, 0.6) is 0 Å². The third-order valence-electron chi connectivity index (χ3n) is 4.76. The van der Waals surface area contributed by atoms with Crippen molar-refractivity contribution in [2.24, 2.45) is 5.92 Å². The van der Waals surface area contributed by atoms with E-state index in [1.807, 2.05) is 0 Å². The maximum Gasteiger partial charge on any atom is 0.133 e. The van der Waals surface area contributed by atoms with Gasteiger partial charge in [-0.2, -0.15) is 0 Å². The molecule has 22 heavy (non-hydrogen) atoms. The van der Waals surface area contributed by atoms with E-state index in [4.69, 9.17) is 0 Å². The maximum absolute atomic E-state index is 14.5. The van der Waals surface area contributed by atoms with Crippen molar-refractivity contribution in [1.29, 1.82) is 0 Å². The Bertz CT molecular complexity index is 489. The summed E-state index contributed by atoms with van der Waals surface area (Å²) in [6.07, 6.45) is 3.35. The van der Waals surface area contributed by atoms with Crippen LogP contribution in [0.4, 0.5) is 8.78 Å². The minimum Gasteiger partial charge on any atom is -0.314 e. The molecule has 2 fully saturated rings. The Labute approximate surface area is 143 Å². The Morgan fingerprint density at radius 1 is 1.14 bits per heavy atom. The van der Waals surface area contributed by atoms with E-state index < -0.39 is 0 Å². The normalized spacial score (nSPS) is 20.5. The molecule has 0 spiro atoms. The molecule has 2 nitrogen and oxygen atoms in total. The second-order valence-corrected chi connectivity index (χ2v) is 6.01. The number of hydrogen-bond acceptors (Lipinski definition) is 2. The third-order valence-corrected chi connectivity index (χ3v) is 4.76. The number of halogens is 4. The van der Waals surface area contributed by atoms with Gasteiger partial charge in [0.05, 0.1) is 0 Å². The molecule has 1 aliphatic carbocycles. The van der Waals surface area contributed by atoms with Gasteiger partial charge in [-0.1, -0.05) is 12.5 Å². The second-order valence-electron chi connectivity index (χ2n) is 6.01. The Morgan fingerprint density at radius 2 is 1.77 bits per heavy atom. The Balaban J connectivity index is 0.00000121. The molecule has 1 heterocycles. The lowest BCUT2D eigenvalue weighted by molar-refractivity contribution is 0.0784. The van der Waals surface area contributed by atoms with Crippen LogP contribution in [-0.4, -0.2) is 31.1 Å². The monoisotopic (exact) mass is 352 g/mol. The van der Waals surface area contributed by atoms with Gasteiger partial charge < -0.3 is 5.32 Å². The molecule has 0 radical (unpaired) electrons. The van der Waals surface area contributed by atoms with Crippen molar-refractivity contribution in [3.63, 3.8) is 0 Å². The van der Waals surface area contributed by atoms with Crippen molar-refractivity contribution in [3.8, 4) is 0 Å². The summed E-state index contributed by atoms with van der Waals surface area (Å²) in [5.74, 6) is -0.331. The van der Waals surface area contributed by atoms with Crippen LogP contribution in [-0.2, 0) is 0 Å². The molecule has 3 rings (SSSR count). The molecule has 1 N–H and O–H groups in total. The fourth-order valence-corrected chi connectivity index (χ4v) is 3.38. The molecule has 1 saturated heterocycles. The number of nitrogens with zero attached hydrogens (tertiary/aromatic N) is 1. The van der Waals surface area contributed by atoms with Crippen molar-refractivity contribution >= 4 is 24.8 Å². The highest BCUT2D eigenvalue weighted by atomic mass is 35.5. The van der Waals surface area contributed by atoms with Gasteiger partial charge >= 0.3 is 0 Å². The van der Waals surface area contributed by atoms with Crippen LogP contribution in [0.15, 0.2) is 12.1 Å². The van der Waals surface area contributed by atoms with Gasteiger partial charge in [-0.3, -0.25) is 4.90 Å². The van der Waals surface area contributed by atoms with Crippen LogP contribution in [0.1, 0.15) is 36.4 Å². The largest absolute Gasteiger partial charge is 0.314 e.